The maximum atomic E-state index is 12.1. The molecule has 3 heterocycles. The highest BCUT2D eigenvalue weighted by Crippen LogP contribution is 2.22. The average molecular weight is 465 g/mol. The van der Waals surface area contributed by atoms with Crippen LogP contribution in [0.4, 0.5) is 11.6 Å². The van der Waals surface area contributed by atoms with E-state index in [9.17, 15) is 18.0 Å². The van der Waals surface area contributed by atoms with Crippen molar-refractivity contribution in [2.45, 2.75) is 11.6 Å². The van der Waals surface area contributed by atoms with Gasteiger partial charge in [0.15, 0.2) is 21.1 Å². The number of hydrogen-bond donors (Lipinski definition) is 2. The van der Waals surface area contributed by atoms with Crippen molar-refractivity contribution in [1.29, 1.82) is 0 Å². The van der Waals surface area contributed by atoms with Gasteiger partial charge in [0.1, 0.15) is 5.65 Å². The first-order valence-electron chi connectivity index (χ1n) is 9.70. The Morgan fingerprint density at radius 1 is 1.12 bits per heavy atom. The molecule has 2 N–H and O–H groups in total. The van der Waals surface area contributed by atoms with Gasteiger partial charge in [0.05, 0.1) is 17.9 Å². The van der Waals surface area contributed by atoms with Crippen LogP contribution in [0.25, 0.3) is 11.0 Å². The fourth-order valence-corrected chi connectivity index (χ4v) is 4.08. The number of anilines is 2. The maximum Gasteiger partial charge on any atom is 0.251 e. The van der Waals surface area contributed by atoms with Crippen LogP contribution in [0.5, 0.6) is 0 Å². The Balaban J connectivity index is 1.71. The van der Waals surface area contributed by atoms with Crippen LogP contribution in [0.3, 0.4) is 0 Å². The third-order valence-corrected chi connectivity index (χ3v) is 5.86. The minimum atomic E-state index is -3.62. The standard InChI is InChI=1S/C21H19N7O4S/c1-22-19(30)13-3-5-15(6-4-13)26-21-25-10-14-9-16(12-29)28(18(14)27-21)11-17-20(33(2,31)32)24-8-7-23-17/h3-10,12H,11H2,1-2H3,(H,22,30)(H,25,26,27). The number of nitrogens with one attached hydrogen (secondary N) is 2. The van der Waals surface area contributed by atoms with Crippen LogP contribution in [0, 0.1) is 0 Å². The lowest BCUT2D eigenvalue weighted by molar-refractivity contribution is 0.0962. The summed E-state index contributed by atoms with van der Waals surface area (Å²) < 4.78 is 25.8. The molecule has 0 aliphatic heterocycles. The fraction of sp³-hybridized carbons (Fsp3) is 0.143. The molecule has 0 unspecified atom stereocenters. The Bertz CT molecular complexity index is 1460. The second-order valence-electron chi connectivity index (χ2n) is 7.11. The third-order valence-electron chi connectivity index (χ3n) is 4.81. The van der Waals surface area contributed by atoms with E-state index in [1.807, 2.05) is 0 Å². The molecule has 0 atom stereocenters. The van der Waals surface area contributed by atoms with Crippen molar-refractivity contribution < 1.29 is 18.0 Å². The molecule has 0 spiro atoms. The van der Waals surface area contributed by atoms with E-state index in [1.54, 1.807) is 48.1 Å². The molecule has 168 valence electrons. The van der Waals surface area contributed by atoms with E-state index in [1.165, 1.54) is 12.4 Å². The number of carbonyl (C=O) groups is 2. The molecule has 33 heavy (non-hydrogen) atoms. The Morgan fingerprint density at radius 2 is 1.85 bits per heavy atom. The number of fused-ring (bicyclic) bond motifs is 1. The van der Waals surface area contributed by atoms with Gasteiger partial charge in [0.2, 0.25) is 5.95 Å². The van der Waals surface area contributed by atoms with E-state index >= 15 is 0 Å². The Labute approximate surface area is 188 Å². The number of benzene rings is 1. The van der Waals surface area contributed by atoms with Crippen molar-refractivity contribution in [3.05, 3.63) is 65.9 Å². The minimum Gasteiger partial charge on any atom is -0.355 e. The van der Waals surface area contributed by atoms with Gasteiger partial charge >= 0.3 is 0 Å². The summed E-state index contributed by atoms with van der Waals surface area (Å²) in [6, 6.07) is 8.36. The lowest BCUT2D eigenvalue weighted by Crippen LogP contribution is -2.17. The quantitative estimate of drug-likeness (QED) is 0.388. The molecule has 0 bridgehead atoms. The normalized spacial score (nSPS) is 11.3. The van der Waals surface area contributed by atoms with Gasteiger partial charge in [-0.2, -0.15) is 4.98 Å². The highest BCUT2D eigenvalue weighted by molar-refractivity contribution is 7.90. The van der Waals surface area contributed by atoms with Gasteiger partial charge in [-0.1, -0.05) is 0 Å². The molecule has 0 radical (unpaired) electrons. The van der Waals surface area contributed by atoms with Crippen LogP contribution < -0.4 is 10.6 Å². The van der Waals surface area contributed by atoms with Gasteiger partial charge in [0.25, 0.3) is 5.91 Å². The van der Waals surface area contributed by atoms with Crippen LogP contribution in [-0.2, 0) is 16.4 Å². The van der Waals surface area contributed by atoms with E-state index in [2.05, 4.69) is 30.6 Å². The van der Waals surface area contributed by atoms with Gasteiger partial charge in [0, 0.05) is 48.5 Å². The molecule has 0 saturated heterocycles. The van der Waals surface area contributed by atoms with E-state index in [4.69, 9.17) is 0 Å². The van der Waals surface area contributed by atoms with Gasteiger partial charge < -0.3 is 15.2 Å². The summed E-state index contributed by atoms with van der Waals surface area (Å²) in [7, 11) is -2.06. The van der Waals surface area contributed by atoms with Crippen LogP contribution in [0.2, 0.25) is 0 Å². The maximum absolute atomic E-state index is 12.1. The van der Waals surface area contributed by atoms with Gasteiger partial charge in [-0.15, -0.1) is 0 Å². The zero-order chi connectivity index (χ0) is 23.6. The first kappa shape index (κ1) is 22.0. The zero-order valence-corrected chi connectivity index (χ0v) is 18.5. The lowest BCUT2D eigenvalue weighted by Gasteiger charge is -2.10. The molecule has 0 aliphatic rings. The van der Waals surface area contributed by atoms with Gasteiger partial charge in [-0.3, -0.25) is 14.6 Å². The number of carbonyl (C=O) groups excluding carboxylic acids is 2. The Kier molecular flexibility index (Phi) is 5.84. The molecule has 12 heteroatoms. The number of sulfone groups is 1. The fourth-order valence-electron chi connectivity index (χ4n) is 3.28. The Hall–Kier alpha value is -4.19. The summed E-state index contributed by atoms with van der Waals surface area (Å²) >= 11 is 0. The smallest absolute Gasteiger partial charge is 0.251 e. The van der Waals surface area contributed by atoms with Gasteiger partial charge in [-0.25, -0.2) is 18.4 Å². The average Bonchev–Trinajstić information content (AvgIpc) is 3.15. The SMILES string of the molecule is CNC(=O)c1ccc(Nc2ncc3cc(C=O)n(Cc4nccnc4S(C)(=O)=O)c3n2)cc1. The molecule has 3 aromatic heterocycles. The predicted octanol–water partition coefficient (Wildman–Crippen LogP) is 1.59. The molecular formula is C21H19N7O4S. The van der Waals surface area contributed by atoms with Crippen molar-refractivity contribution in [2.24, 2.45) is 0 Å². The molecule has 11 nitrogen and oxygen atoms in total. The molecule has 0 fully saturated rings. The van der Waals surface area contributed by atoms with Crippen molar-refractivity contribution in [2.75, 3.05) is 18.6 Å². The number of rotatable bonds is 7. The number of hydrogen-bond acceptors (Lipinski definition) is 9. The number of amides is 1. The summed E-state index contributed by atoms with van der Waals surface area (Å²) in [4.78, 5) is 40.3. The highest BCUT2D eigenvalue weighted by atomic mass is 32.2. The summed E-state index contributed by atoms with van der Waals surface area (Å²) in [6.45, 7) is -0.0227. The van der Waals surface area contributed by atoms with Crippen LogP contribution >= 0.6 is 0 Å². The van der Waals surface area contributed by atoms with Crippen LogP contribution in [-0.4, -0.2) is 58.4 Å². The van der Waals surface area contributed by atoms with Crippen LogP contribution in [0.15, 0.2) is 53.9 Å². The molecule has 0 aliphatic carbocycles. The highest BCUT2D eigenvalue weighted by Gasteiger charge is 2.19. The predicted molar refractivity (Wildman–Crippen MR) is 120 cm³/mol. The summed E-state index contributed by atoms with van der Waals surface area (Å²) in [6.07, 6.45) is 5.95. The lowest BCUT2D eigenvalue weighted by atomic mass is 10.2. The molecule has 1 aromatic carbocycles. The molecular weight excluding hydrogens is 446 g/mol. The second kappa shape index (κ2) is 8.74. The first-order valence-corrected chi connectivity index (χ1v) is 11.6. The number of nitrogens with zero attached hydrogens (tertiary/aromatic N) is 5. The van der Waals surface area contributed by atoms with Crippen molar-refractivity contribution in [3.63, 3.8) is 0 Å². The molecule has 4 aromatic rings. The molecule has 0 saturated carbocycles. The first-order chi connectivity index (χ1) is 15.8. The monoisotopic (exact) mass is 465 g/mol. The minimum absolute atomic E-state index is 0.0227. The van der Waals surface area contributed by atoms with Crippen molar-refractivity contribution >= 4 is 44.7 Å². The number of aldehydes is 1. The third kappa shape index (κ3) is 4.55. The summed E-state index contributed by atoms with van der Waals surface area (Å²) in [5, 5.41) is 6.05. The zero-order valence-electron chi connectivity index (χ0n) is 17.7. The topological polar surface area (TPSA) is 149 Å². The second-order valence-corrected chi connectivity index (χ2v) is 9.04. The molecule has 1 amide bonds. The van der Waals surface area contributed by atoms with Crippen molar-refractivity contribution in [3.8, 4) is 0 Å². The number of aromatic nitrogens is 5. The Morgan fingerprint density at radius 3 is 2.52 bits per heavy atom. The summed E-state index contributed by atoms with van der Waals surface area (Å²) in [5.41, 5.74) is 2.07. The van der Waals surface area contributed by atoms with E-state index in [0.717, 1.165) is 6.26 Å². The van der Waals surface area contributed by atoms with E-state index < -0.39 is 9.84 Å². The van der Waals surface area contributed by atoms with E-state index in [0.29, 0.717) is 28.6 Å². The summed E-state index contributed by atoms with van der Waals surface area (Å²) in [5.74, 6) is 0.0605. The molecule has 4 rings (SSSR count). The van der Waals surface area contributed by atoms with Gasteiger partial charge in [-0.05, 0) is 30.3 Å². The van der Waals surface area contributed by atoms with Crippen LogP contribution in [0.1, 0.15) is 26.5 Å². The van der Waals surface area contributed by atoms with Crippen molar-refractivity contribution in [1.82, 2.24) is 29.8 Å². The largest absolute Gasteiger partial charge is 0.355 e. The van der Waals surface area contributed by atoms with E-state index in [-0.39, 0.29) is 34.8 Å².